The fourth-order valence-corrected chi connectivity index (χ4v) is 1.63. The molecule has 0 unspecified atom stereocenters. The minimum absolute atomic E-state index is 0.972. The number of rotatable bonds is 3. The van der Waals surface area contributed by atoms with Crippen LogP contribution < -0.4 is 0 Å². The Morgan fingerprint density at radius 2 is 2.60 bits per heavy atom. The monoisotopic (exact) mass is 221 g/mol. The van der Waals surface area contributed by atoms with Crippen LogP contribution in [0.25, 0.3) is 0 Å². The number of thioether (sulfide) groups is 1. The molecule has 0 aliphatic heterocycles. The van der Waals surface area contributed by atoms with E-state index in [0.717, 1.165) is 16.2 Å². The predicted octanol–water partition coefficient (Wildman–Crippen LogP) is 1.30. The van der Waals surface area contributed by atoms with Gasteiger partial charge in [0.25, 0.3) is 0 Å². The summed E-state index contributed by atoms with van der Waals surface area (Å²) in [7, 11) is 1.94. The van der Waals surface area contributed by atoms with Gasteiger partial charge in [-0.1, -0.05) is 27.7 Å². The minimum Gasteiger partial charge on any atom is -0.312 e. The number of hydrogen-bond donors (Lipinski definition) is 0. The molecule has 0 saturated heterocycles. The summed E-state index contributed by atoms with van der Waals surface area (Å²) < 4.78 is 1.91. The van der Waals surface area contributed by atoms with Crippen molar-refractivity contribution in [3.8, 4) is 0 Å². The highest BCUT2D eigenvalue weighted by molar-refractivity contribution is 9.09. The largest absolute Gasteiger partial charge is 0.312 e. The van der Waals surface area contributed by atoms with Crippen LogP contribution in [-0.2, 0) is 7.05 Å². The average molecular weight is 222 g/mol. The van der Waals surface area contributed by atoms with Crippen LogP contribution in [0.4, 0.5) is 0 Å². The van der Waals surface area contributed by atoms with Crippen LogP contribution in [0.5, 0.6) is 0 Å². The highest BCUT2D eigenvalue weighted by Crippen LogP contribution is 2.12. The van der Waals surface area contributed by atoms with Gasteiger partial charge in [-0.3, -0.25) is 0 Å². The molecular weight excluding hydrogens is 214 g/mol. The van der Waals surface area contributed by atoms with E-state index >= 15 is 0 Å². The van der Waals surface area contributed by atoms with Crippen molar-refractivity contribution in [3.63, 3.8) is 0 Å². The Labute approximate surface area is 72.3 Å². The lowest BCUT2D eigenvalue weighted by Gasteiger charge is -1.95. The summed E-state index contributed by atoms with van der Waals surface area (Å²) in [6.07, 6.45) is 1.70. The summed E-state index contributed by atoms with van der Waals surface area (Å²) in [4.78, 5) is 0. The first-order valence-corrected chi connectivity index (χ1v) is 4.98. The summed E-state index contributed by atoms with van der Waals surface area (Å²) in [5, 5.41) is 9.62. The Bertz CT molecular complexity index is 201. The van der Waals surface area contributed by atoms with Gasteiger partial charge in [-0.05, 0) is 0 Å². The fourth-order valence-electron chi connectivity index (χ4n) is 0.533. The van der Waals surface area contributed by atoms with Crippen molar-refractivity contribution in [1.82, 2.24) is 14.8 Å². The molecule has 3 nitrogen and oxygen atoms in total. The Kier molecular flexibility index (Phi) is 3.21. The van der Waals surface area contributed by atoms with E-state index in [4.69, 9.17) is 0 Å². The Morgan fingerprint density at radius 3 is 3.10 bits per heavy atom. The van der Waals surface area contributed by atoms with Gasteiger partial charge in [0.15, 0.2) is 5.16 Å². The zero-order valence-electron chi connectivity index (χ0n) is 5.62. The van der Waals surface area contributed by atoms with Gasteiger partial charge in [0.05, 0.1) is 0 Å². The molecule has 0 atom stereocenters. The maximum Gasteiger partial charge on any atom is 0.190 e. The van der Waals surface area contributed by atoms with Gasteiger partial charge < -0.3 is 4.57 Å². The lowest BCUT2D eigenvalue weighted by atomic mass is 11.0. The molecule has 1 heterocycles. The maximum atomic E-state index is 3.91. The topological polar surface area (TPSA) is 30.7 Å². The molecule has 1 aromatic heterocycles. The first-order chi connectivity index (χ1) is 4.84. The number of alkyl halides is 1. The number of halogens is 1. The molecule has 5 heteroatoms. The fraction of sp³-hybridized carbons (Fsp3) is 0.600. The molecule has 0 bridgehead atoms. The van der Waals surface area contributed by atoms with Crippen molar-refractivity contribution < 1.29 is 0 Å². The van der Waals surface area contributed by atoms with Crippen LogP contribution in [0.3, 0.4) is 0 Å². The van der Waals surface area contributed by atoms with E-state index in [1.54, 1.807) is 18.1 Å². The minimum atomic E-state index is 0.972. The van der Waals surface area contributed by atoms with Crippen molar-refractivity contribution in [2.75, 3.05) is 11.1 Å². The van der Waals surface area contributed by atoms with E-state index in [0.29, 0.717) is 0 Å². The number of nitrogens with zero attached hydrogens (tertiary/aromatic N) is 3. The van der Waals surface area contributed by atoms with Gasteiger partial charge >= 0.3 is 0 Å². The third-order valence-corrected chi connectivity index (χ3v) is 2.94. The molecule has 0 N–H and O–H groups in total. The Morgan fingerprint density at radius 1 is 1.80 bits per heavy atom. The molecule has 0 saturated carbocycles. The predicted molar refractivity (Wildman–Crippen MR) is 45.5 cm³/mol. The van der Waals surface area contributed by atoms with Crippen molar-refractivity contribution >= 4 is 27.7 Å². The lowest BCUT2D eigenvalue weighted by molar-refractivity contribution is 0.789. The van der Waals surface area contributed by atoms with Crippen molar-refractivity contribution in [3.05, 3.63) is 6.33 Å². The van der Waals surface area contributed by atoms with Gasteiger partial charge in [-0.25, -0.2) is 0 Å². The summed E-state index contributed by atoms with van der Waals surface area (Å²) >= 11 is 5.04. The van der Waals surface area contributed by atoms with E-state index in [9.17, 15) is 0 Å². The zero-order chi connectivity index (χ0) is 7.40. The van der Waals surface area contributed by atoms with Crippen LogP contribution in [0, 0.1) is 0 Å². The Balaban J connectivity index is 2.49. The van der Waals surface area contributed by atoms with E-state index in [1.165, 1.54) is 0 Å². The second kappa shape index (κ2) is 3.98. The molecule has 56 valence electrons. The normalized spacial score (nSPS) is 10.2. The highest BCUT2D eigenvalue weighted by Gasteiger charge is 1.98. The molecule has 0 aliphatic carbocycles. The number of aryl methyl sites for hydroxylation is 1. The van der Waals surface area contributed by atoms with Gasteiger partial charge in [0.1, 0.15) is 6.33 Å². The van der Waals surface area contributed by atoms with Gasteiger partial charge in [-0.15, -0.1) is 10.2 Å². The van der Waals surface area contributed by atoms with Gasteiger partial charge in [0, 0.05) is 18.1 Å². The molecule has 0 radical (unpaired) electrons. The smallest absolute Gasteiger partial charge is 0.190 e. The molecule has 0 aliphatic rings. The van der Waals surface area contributed by atoms with E-state index < -0.39 is 0 Å². The lowest BCUT2D eigenvalue weighted by Crippen LogP contribution is -1.90. The van der Waals surface area contributed by atoms with E-state index in [1.807, 2.05) is 11.6 Å². The van der Waals surface area contributed by atoms with Crippen LogP contribution in [0.2, 0.25) is 0 Å². The average Bonchev–Trinajstić information content (AvgIpc) is 2.31. The summed E-state index contributed by atoms with van der Waals surface area (Å²) in [6, 6.07) is 0. The molecule has 10 heavy (non-hydrogen) atoms. The molecule has 0 aromatic carbocycles. The second-order valence-corrected chi connectivity index (χ2v) is 3.62. The van der Waals surface area contributed by atoms with E-state index in [-0.39, 0.29) is 0 Å². The van der Waals surface area contributed by atoms with Crippen LogP contribution in [0.1, 0.15) is 0 Å². The van der Waals surface area contributed by atoms with Crippen LogP contribution in [0.15, 0.2) is 11.5 Å². The Hall–Kier alpha value is -0.0300. The zero-order valence-corrected chi connectivity index (χ0v) is 8.02. The van der Waals surface area contributed by atoms with E-state index in [2.05, 4.69) is 26.1 Å². The first-order valence-electron chi connectivity index (χ1n) is 2.87. The van der Waals surface area contributed by atoms with Gasteiger partial charge in [0.2, 0.25) is 0 Å². The number of aromatic nitrogens is 3. The second-order valence-electron chi connectivity index (χ2n) is 1.76. The third kappa shape index (κ3) is 1.98. The molecule has 0 fully saturated rings. The molecule has 1 aromatic rings. The third-order valence-electron chi connectivity index (χ3n) is 0.978. The maximum absolute atomic E-state index is 3.91. The molecule has 0 spiro atoms. The molecule has 1 rings (SSSR count). The highest BCUT2D eigenvalue weighted by atomic mass is 79.9. The molecular formula is C5H8BrN3S. The summed E-state index contributed by atoms with van der Waals surface area (Å²) in [6.45, 7) is 0. The SMILES string of the molecule is Cn1cnnc1SCCBr. The van der Waals surface area contributed by atoms with Crippen molar-refractivity contribution in [1.29, 1.82) is 0 Å². The van der Waals surface area contributed by atoms with Gasteiger partial charge in [-0.2, -0.15) is 0 Å². The standard InChI is InChI=1S/C5H8BrN3S/c1-9-4-7-8-5(9)10-3-2-6/h4H,2-3H2,1H3. The summed E-state index contributed by atoms with van der Waals surface area (Å²) in [5.74, 6) is 1.03. The van der Waals surface area contributed by atoms with Crippen molar-refractivity contribution in [2.45, 2.75) is 5.16 Å². The van der Waals surface area contributed by atoms with Crippen molar-refractivity contribution in [2.24, 2.45) is 7.05 Å². The number of hydrogen-bond acceptors (Lipinski definition) is 3. The summed E-state index contributed by atoms with van der Waals surface area (Å²) in [5.41, 5.74) is 0. The van der Waals surface area contributed by atoms with Crippen LogP contribution >= 0.6 is 27.7 Å². The van der Waals surface area contributed by atoms with Crippen LogP contribution in [-0.4, -0.2) is 25.8 Å². The quantitative estimate of drug-likeness (QED) is 0.570. The first kappa shape index (κ1) is 8.07. The molecule has 0 amide bonds.